The Hall–Kier alpha value is -2.42. The van der Waals surface area contributed by atoms with Gasteiger partial charge in [-0.05, 0) is 38.1 Å². The van der Waals surface area contributed by atoms with Crippen LogP contribution in [0.4, 0.5) is 13.2 Å². The van der Waals surface area contributed by atoms with Crippen LogP contribution in [0.15, 0.2) is 28.7 Å². The number of hydrogen-bond acceptors (Lipinski definition) is 5. The van der Waals surface area contributed by atoms with E-state index < -0.39 is 11.7 Å². The van der Waals surface area contributed by atoms with Gasteiger partial charge in [-0.15, -0.1) is 10.2 Å². The molecule has 3 rings (SSSR count). The lowest BCUT2D eigenvalue weighted by Crippen LogP contribution is -2.45. The Kier molecular flexibility index (Phi) is 7.12. The number of hydrogen-bond donors (Lipinski definition) is 0. The number of carbonyl (C=O) groups is 1. The SMILES string of the molecule is CN(C[C@@H]1CCCCN1C)C(=O)CCc1nnc(Cc2cccc(C(F)(F)F)c2)o1. The third-order valence-corrected chi connectivity index (χ3v) is 5.50. The molecule has 1 fully saturated rings. The van der Waals surface area contributed by atoms with Gasteiger partial charge in [0.25, 0.3) is 0 Å². The van der Waals surface area contributed by atoms with Gasteiger partial charge in [-0.3, -0.25) is 4.79 Å². The zero-order valence-corrected chi connectivity index (χ0v) is 17.3. The number of amides is 1. The first-order chi connectivity index (χ1) is 14.2. The third-order valence-electron chi connectivity index (χ3n) is 5.50. The lowest BCUT2D eigenvalue weighted by Gasteiger charge is -2.35. The van der Waals surface area contributed by atoms with Gasteiger partial charge in [0.1, 0.15) is 0 Å². The molecule has 30 heavy (non-hydrogen) atoms. The number of carbonyl (C=O) groups excluding carboxylic acids is 1. The average molecular weight is 424 g/mol. The largest absolute Gasteiger partial charge is 0.425 e. The number of halogens is 3. The van der Waals surface area contributed by atoms with Crippen molar-refractivity contribution in [3.63, 3.8) is 0 Å². The fourth-order valence-electron chi connectivity index (χ4n) is 3.69. The molecule has 0 aliphatic carbocycles. The van der Waals surface area contributed by atoms with Gasteiger partial charge < -0.3 is 14.2 Å². The predicted octanol–water partition coefficient (Wildman–Crippen LogP) is 3.55. The highest BCUT2D eigenvalue weighted by Gasteiger charge is 2.30. The van der Waals surface area contributed by atoms with E-state index in [1.54, 1.807) is 18.0 Å². The molecule has 2 aromatic rings. The summed E-state index contributed by atoms with van der Waals surface area (Å²) in [7, 11) is 3.89. The molecule has 0 spiro atoms. The van der Waals surface area contributed by atoms with Gasteiger partial charge in [-0.2, -0.15) is 13.2 Å². The molecule has 0 bridgehead atoms. The van der Waals surface area contributed by atoms with Crippen molar-refractivity contribution in [1.29, 1.82) is 0 Å². The summed E-state index contributed by atoms with van der Waals surface area (Å²) in [4.78, 5) is 16.5. The Balaban J connectivity index is 1.50. The van der Waals surface area contributed by atoms with E-state index in [9.17, 15) is 18.0 Å². The topological polar surface area (TPSA) is 62.5 Å². The maximum absolute atomic E-state index is 12.8. The summed E-state index contributed by atoms with van der Waals surface area (Å²) in [5, 5.41) is 7.82. The molecule has 1 aliphatic rings. The maximum Gasteiger partial charge on any atom is 0.416 e. The quantitative estimate of drug-likeness (QED) is 0.680. The van der Waals surface area contributed by atoms with E-state index in [0.29, 0.717) is 30.5 Å². The summed E-state index contributed by atoms with van der Waals surface area (Å²) in [5.74, 6) is 0.550. The van der Waals surface area contributed by atoms with Gasteiger partial charge in [-0.1, -0.05) is 24.6 Å². The lowest BCUT2D eigenvalue weighted by molar-refractivity contribution is -0.137. The number of alkyl halides is 3. The van der Waals surface area contributed by atoms with Crippen molar-refractivity contribution in [1.82, 2.24) is 20.0 Å². The van der Waals surface area contributed by atoms with Crippen LogP contribution in [-0.4, -0.2) is 59.1 Å². The van der Waals surface area contributed by atoms with Crippen LogP contribution in [0.1, 0.15) is 48.6 Å². The van der Waals surface area contributed by atoms with E-state index in [1.807, 2.05) is 0 Å². The summed E-state index contributed by atoms with van der Waals surface area (Å²) < 4.78 is 44.0. The van der Waals surface area contributed by atoms with E-state index >= 15 is 0 Å². The van der Waals surface area contributed by atoms with Crippen molar-refractivity contribution >= 4 is 5.91 Å². The van der Waals surface area contributed by atoms with Crippen LogP contribution in [0.25, 0.3) is 0 Å². The number of aromatic nitrogens is 2. The molecule has 0 N–H and O–H groups in total. The first kappa shape index (κ1) is 22.3. The zero-order valence-electron chi connectivity index (χ0n) is 17.3. The van der Waals surface area contributed by atoms with Crippen LogP contribution < -0.4 is 0 Å². The molecule has 0 unspecified atom stereocenters. The summed E-state index contributed by atoms with van der Waals surface area (Å²) in [5.41, 5.74) is -0.274. The van der Waals surface area contributed by atoms with E-state index in [2.05, 4.69) is 22.1 Å². The highest BCUT2D eigenvalue weighted by atomic mass is 19.4. The fraction of sp³-hybridized carbons (Fsp3) is 0.571. The van der Waals surface area contributed by atoms with E-state index in [4.69, 9.17) is 4.42 Å². The second-order valence-corrected chi connectivity index (χ2v) is 7.87. The zero-order chi connectivity index (χ0) is 21.7. The average Bonchev–Trinajstić information content (AvgIpc) is 3.14. The Morgan fingerprint density at radius 3 is 2.77 bits per heavy atom. The van der Waals surface area contributed by atoms with Crippen molar-refractivity contribution in [2.45, 2.75) is 50.7 Å². The predicted molar refractivity (Wildman–Crippen MR) is 105 cm³/mol. The van der Waals surface area contributed by atoms with Gasteiger partial charge >= 0.3 is 6.18 Å². The Morgan fingerprint density at radius 1 is 1.27 bits per heavy atom. The normalized spacial score (nSPS) is 17.8. The summed E-state index contributed by atoms with van der Waals surface area (Å²) in [6.07, 6.45) is -0.250. The molecule has 1 aromatic heterocycles. The number of aryl methyl sites for hydroxylation is 1. The highest BCUT2D eigenvalue weighted by molar-refractivity contribution is 5.76. The van der Waals surface area contributed by atoms with Crippen molar-refractivity contribution in [2.75, 3.05) is 27.2 Å². The molecule has 1 aromatic carbocycles. The monoisotopic (exact) mass is 424 g/mol. The van der Waals surface area contributed by atoms with Crippen LogP contribution in [-0.2, 0) is 23.8 Å². The number of likely N-dealkylation sites (N-methyl/N-ethyl adjacent to an activating group) is 2. The molecule has 6 nitrogen and oxygen atoms in total. The molecule has 2 heterocycles. The summed E-state index contributed by atoms with van der Waals surface area (Å²) in [6, 6.07) is 5.42. The Labute approximate surface area is 174 Å². The Bertz CT molecular complexity index is 853. The molecule has 0 radical (unpaired) electrons. The van der Waals surface area contributed by atoms with E-state index in [-0.39, 0.29) is 24.6 Å². The van der Waals surface area contributed by atoms with Crippen LogP contribution in [0.2, 0.25) is 0 Å². The van der Waals surface area contributed by atoms with Crippen molar-refractivity contribution in [3.05, 3.63) is 47.2 Å². The molecule has 0 saturated carbocycles. The molecule has 164 valence electrons. The molecule has 1 aliphatic heterocycles. The van der Waals surface area contributed by atoms with Crippen LogP contribution in [0, 0.1) is 0 Å². The second-order valence-electron chi connectivity index (χ2n) is 7.87. The lowest BCUT2D eigenvalue weighted by atomic mass is 10.0. The van der Waals surface area contributed by atoms with Gasteiger partial charge in [0.15, 0.2) is 0 Å². The summed E-state index contributed by atoms with van der Waals surface area (Å²) in [6.45, 7) is 1.75. The highest BCUT2D eigenvalue weighted by Crippen LogP contribution is 2.30. The van der Waals surface area contributed by atoms with Crippen LogP contribution in [0.3, 0.4) is 0 Å². The molecule has 1 amide bonds. The fourth-order valence-corrected chi connectivity index (χ4v) is 3.69. The van der Waals surface area contributed by atoms with Gasteiger partial charge in [0.2, 0.25) is 17.7 Å². The maximum atomic E-state index is 12.8. The number of piperidine rings is 1. The van der Waals surface area contributed by atoms with E-state index in [1.165, 1.54) is 18.9 Å². The molecule has 9 heteroatoms. The van der Waals surface area contributed by atoms with Gasteiger partial charge in [0, 0.05) is 32.5 Å². The van der Waals surface area contributed by atoms with Crippen LogP contribution >= 0.6 is 0 Å². The van der Waals surface area contributed by atoms with Gasteiger partial charge in [0.05, 0.1) is 12.0 Å². The van der Waals surface area contributed by atoms with E-state index in [0.717, 1.165) is 25.1 Å². The summed E-state index contributed by atoms with van der Waals surface area (Å²) >= 11 is 0. The molecular weight excluding hydrogens is 397 g/mol. The molecular formula is C21H27F3N4O2. The molecule has 1 saturated heterocycles. The Morgan fingerprint density at radius 2 is 2.03 bits per heavy atom. The molecule has 1 atom stereocenters. The number of nitrogens with zero attached hydrogens (tertiary/aromatic N) is 4. The minimum absolute atomic E-state index is 0.00611. The van der Waals surface area contributed by atoms with Crippen LogP contribution in [0.5, 0.6) is 0 Å². The van der Waals surface area contributed by atoms with Crippen molar-refractivity contribution in [3.8, 4) is 0 Å². The minimum Gasteiger partial charge on any atom is -0.425 e. The smallest absolute Gasteiger partial charge is 0.416 e. The number of likely N-dealkylation sites (tertiary alicyclic amines) is 1. The second kappa shape index (κ2) is 9.59. The van der Waals surface area contributed by atoms with Crippen molar-refractivity contribution < 1.29 is 22.4 Å². The first-order valence-corrected chi connectivity index (χ1v) is 10.1. The van der Waals surface area contributed by atoms with Crippen molar-refractivity contribution in [2.24, 2.45) is 0 Å². The van der Waals surface area contributed by atoms with Gasteiger partial charge in [-0.25, -0.2) is 0 Å². The standard InChI is InChI=1S/C21H27F3N4O2/c1-27-11-4-3-8-17(27)14-28(2)20(29)10-9-18-25-26-19(30-18)13-15-6-5-7-16(12-15)21(22,23)24/h5-7,12,17H,3-4,8-11,13-14H2,1-2H3/t17-/m0/s1. The third kappa shape index (κ3) is 6.04. The number of rotatable bonds is 7. The first-order valence-electron chi connectivity index (χ1n) is 10.1. The number of benzene rings is 1. The minimum atomic E-state index is -4.39.